The molecule has 0 bridgehead atoms. The lowest BCUT2D eigenvalue weighted by Gasteiger charge is -2.40. The summed E-state index contributed by atoms with van der Waals surface area (Å²) < 4.78 is 5.95. The summed E-state index contributed by atoms with van der Waals surface area (Å²) in [6.07, 6.45) is 1.91. The van der Waals surface area contributed by atoms with Crippen molar-refractivity contribution in [2.24, 2.45) is 16.7 Å². The summed E-state index contributed by atoms with van der Waals surface area (Å²) in [4.78, 5) is 39.4. The third kappa shape index (κ3) is 3.74. The van der Waals surface area contributed by atoms with Crippen molar-refractivity contribution in [1.82, 2.24) is 15.5 Å². The summed E-state index contributed by atoms with van der Waals surface area (Å²) in [6, 6.07) is -0.703. The van der Waals surface area contributed by atoms with Crippen LogP contribution in [0.25, 0.3) is 0 Å². The molecule has 0 aromatic rings. The summed E-state index contributed by atoms with van der Waals surface area (Å²) >= 11 is 0. The number of ether oxygens (including phenoxy) is 1. The van der Waals surface area contributed by atoms with Gasteiger partial charge in [0.15, 0.2) is 5.78 Å². The number of urea groups is 1. The normalized spacial score (nSPS) is 32.1. The van der Waals surface area contributed by atoms with E-state index < -0.39 is 23.6 Å². The topological polar surface area (TPSA) is 87.7 Å². The highest BCUT2D eigenvalue weighted by molar-refractivity contribution is 6.24. The number of amides is 3. The lowest BCUT2D eigenvalue weighted by Crippen LogP contribution is -2.53. The molecule has 2 heterocycles. The van der Waals surface area contributed by atoms with E-state index in [0.29, 0.717) is 0 Å². The van der Waals surface area contributed by atoms with E-state index in [1.54, 1.807) is 13.8 Å². The van der Waals surface area contributed by atoms with Crippen LogP contribution in [0.1, 0.15) is 54.9 Å². The van der Waals surface area contributed by atoms with Gasteiger partial charge in [-0.05, 0) is 19.3 Å². The van der Waals surface area contributed by atoms with Gasteiger partial charge in [-0.2, -0.15) is 0 Å². The molecule has 152 valence electrons. The van der Waals surface area contributed by atoms with E-state index in [4.69, 9.17) is 4.74 Å². The van der Waals surface area contributed by atoms with Crippen LogP contribution in [0.5, 0.6) is 0 Å². The third-order valence-electron chi connectivity index (χ3n) is 6.67. The molecule has 7 nitrogen and oxygen atoms in total. The quantitative estimate of drug-likeness (QED) is 0.736. The van der Waals surface area contributed by atoms with Crippen molar-refractivity contribution < 1.29 is 19.1 Å². The maximum atomic E-state index is 12.7. The van der Waals surface area contributed by atoms with Crippen LogP contribution < -0.4 is 10.6 Å². The Kier molecular flexibility index (Phi) is 5.76. The van der Waals surface area contributed by atoms with Crippen molar-refractivity contribution in [3.8, 4) is 0 Å². The Morgan fingerprint density at radius 3 is 2.33 bits per heavy atom. The van der Waals surface area contributed by atoms with E-state index in [2.05, 4.69) is 17.6 Å². The highest BCUT2D eigenvalue weighted by Gasteiger charge is 2.48. The number of hydrogen-bond donors (Lipinski definition) is 2. The number of ketones is 1. The lowest BCUT2D eigenvalue weighted by atomic mass is 9.75. The van der Waals surface area contributed by atoms with Crippen LogP contribution in [0.15, 0.2) is 11.8 Å². The summed E-state index contributed by atoms with van der Waals surface area (Å²) in [5.74, 6) is -0.696. The molecule has 0 spiro atoms. The van der Waals surface area contributed by atoms with E-state index in [9.17, 15) is 14.4 Å². The summed E-state index contributed by atoms with van der Waals surface area (Å²) in [6.45, 7) is 13.8. The number of nitrogens with zero attached hydrogens (tertiary/aromatic N) is 1. The van der Waals surface area contributed by atoms with Crippen molar-refractivity contribution in [3.63, 3.8) is 0 Å². The third-order valence-corrected chi connectivity index (χ3v) is 6.67. The maximum absolute atomic E-state index is 12.7. The van der Waals surface area contributed by atoms with Gasteiger partial charge >= 0.3 is 6.03 Å². The molecule has 1 unspecified atom stereocenters. The average Bonchev–Trinajstić information content (AvgIpc) is 2.79. The van der Waals surface area contributed by atoms with Crippen LogP contribution in [0.4, 0.5) is 4.79 Å². The zero-order valence-corrected chi connectivity index (χ0v) is 17.7. The molecular weight excluding hydrogens is 346 g/mol. The number of hydrogen-bond acceptors (Lipinski definition) is 5. The van der Waals surface area contributed by atoms with E-state index in [0.717, 1.165) is 6.42 Å². The predicted molar refractivity (Wildman–Crippen MR) is 103 cm³/mol. The fourth-order valence-corrected chi connectivity index (χ4v) is 3.76. The second-order valence-corrected chi connectivity index (χ2v) is 8.94. The van der Waals surface area contributed by atoms with Gasteiger partial charge in [-0.15, -0.1) is 0 Å². The lowest BCUT2D eigenvalue weighted by molar-refractivity contribution is -0.130. The van der Waals surface area contributed by atoms with E-state index in [1.165, 1.54) is 6.20 Å². The van der Waals surface area contributed by atoms with Gasteiger partial charge in [0.05, 0.1) is 11.7 Å². The molecule has 0 aromatic heterocycles. The SMILES string of the molecule is CC[C@H]1O[C@@H](NC(=O)NC(=O)C2=CN(C)C(C)C(C)(C)C2=O)C(C)(C)[C@H]1C. The molecule has 7 heteroatoms. The summed E-state index contributed by atoms with van der Waals surface area (Å²) in [5.41, 5.74) is -0.992. The molecule has 2 N–H and O–H groups in total. The second kappa shape index (κ2) is 7.26. The van der Waals surface area contributed by atoms with Crippen molar-refractivity contribution in [1.29, 1.82) is 0 Å². The zero-order valence-electron chi connectivity index (χ0n) is 17.7. The highest BCUT2D eigenvalue weighted by atomic mass is 16.5. The van der Waals surface area contributed by atoms with E-state index in [-0.39, 0.29) is 34.8 Å². The maximum Gasteiger partial charge on any atom is 0.323 e. The highest BCUT2D eigenvalue weighted by Crippen LogP contribution is 2.42. The van der Waals surface area contributed by atoms with Gasteiger partial charge < -0.3 is 15.0 Å². The molecule has 27 heavy (non-hydrogen) atoms. The van der Waals surface area contributed by atoms with Crippen LogP contribution in [-0.2, 0) is 14.3 Å². The molecule has 3 amide bonds. The van der Waals surface area contributed by atoms with Gasteiger partial charge in [0.25, 0.3) is 5.91 Å². The average molecular weight is 380 g/mol. The number of imide groups is 1. The first kappa shape index (κ1) is 21.4. The summed E-state index contributed by atoms with van der Waals surface area (Å²) in [5, 5.41) is 5.02. The molecule has 0 radical (unpaired) electrons. The Balaban J connectivity index is 2.07. The van der Waals surface area contributed by atoms with Crippen molar-refractivity contribution >= 4 is 17.7 Å². The first-order valence-corrected chi connectivity index (χ1v) is 9.59. The van der Waals surface area contributed by atoms with Crippen LogP contribution >= 0.6 is 0 Å². The Bertz CT molecular complexity index is 668. The molecule has 0 aliphatic carbocycles. The van der Waals surface area contributed by atoms with E-state index in [1.807, 2.05) is 39.6 Å². The van der Waals surface area contributed by atoms with Crippen LogP contribution in [-0.4, -0.2) is 48.0 Å². The van der Waals surface area contributed by atoms with Crippen molar-refractivity contribution in [3.05, 3.63) is 11.8 Å². The second-order valence-electron chi connectivity index (χ2n) is 8.94. The predicted octanol–water partition coefficient (Wildman–Crippen LogP) is 2.42. The fourth-order valence-electron chi connectivity index (χ4n) is 3.76. The Morgan fingerprint density at radius 1 is 1.22 bits per heavy atom. The van der Waals surface area contributed by atoms with Gasteiger partial charge in [0.2, 0.25) is 0 Å². The number of rotatable bonds is 3. The Hall–Kier alpha value is -1.89. The Labute approximate surface area is 161 Å². The molecule has 2 aliphatic rings. The number of nitrogens with one attached hydrogen (secondary N) is 2. The molecule has 1 saturated heterocycles. The van der Waals surface area contributed by atoms with Gasteiger partial charge in [0.1, 0.15) is 6.23 Å². The number of carbonyl (C=O) groups excluding carboxylic acids is 3. The van der Waals surface area contributed by atoms with Crippen LogP contribution in [0.3, 0.4) is 0 Å². The van der Waals surface area contributed by atoms with Gasteiger partial charge in [0, 0.05) is 30.1 Å². The molecule has 2 aliphatic heterocycles. The largest absolute Gasteiger partial charge is 0.376 e. The molecule has 2 rings (SSSR count). The van der Waals surface area contributed by atoms with Gasteiger partial charge in [-0.25, -0.2) is 4.79 Å². The fraction of sp³-hybridized carbons (Fsp3) is 0.750. The monoisotopic (exact) mass is 379 g/mol. The standard InChI is InChI=1S/C20H33N3O4/c1-9-14-11(2)19(4,5)17(27-14)22-18(26)21-16(25)13-10-23(8)12(3)20(6,7)15(13)24/h10-12,14,17H,9H2,1-8H3,(H2,21,22,25,26)/t11-,12?,14+,17+/m0/s1. The molecular formula is C20H33N3O4. The minimum Gasteiger partial charge on any atom is -0.376 e. The van der Waals surface area contributed by atoms with E-state index >= 15 is 0 Å². The smallest absolute Gasteiger partial charge is 0.323 e. The van der Waals surface area contributed by atoms with Crippen molar-refractivity contribution in [2.45, 2.75) is 73.3 Å². The minimum atomic E-state index is -0.715. The zero-order chi connectivity index (χ0) is 20.7. The molecule has 4 atom stereocenters. The van der Waals surface area contributed by atoms with Crippen molar-refractivity contribution in [2.75, 3.05) is 7.05 Å². The molecule has 0 saturated carbocycles. The first-order chi connectivity index (χ1) is 12.3. The van der Waals surface area contributed by atoms with Gasteiger partial charge in [-0.3, -0.25) is 14.9 Å². The summed E-state index contributed by atoms with van der Waals surface area (Å²) in [7, 11) is 1.81. The molecule has 1 fully saturated rings. The first-order valence-electron chi connectivity index (χ1n) is 9.59. The van der Waals surface area contributed by atoms with Crippen LogP contribution in [0.2, 0.25) is 0 Å². The minimum absolute atomic E-state index is 0.0119. The molecule has 0 aromatic carbocycles. The number of Topliss-reactive ketones (excluding diaryl/α,β-unsaturated/α-hetero) is 1. The number of carbonyl (C=O) groups is 3. The van der Waals surface area contributed by atoms with Gasteiger partial charge in [-0.1, -0.05) is 41.5 Å². The van der Waals surface area contributed by atoms with Crippen LogP contribution in [0, 0.1) is 16.7 Å². The Morgan fingerprint density at radius 2 is 1.81 bits per heavy atom.